The van der Waals surface area contributed by atoms with E-state index in [1.165, 1.54) is 38.5 Å². The van der Waals surface area contributed by atoms with Gasteiger partial charge in [0.25, 0.3) is 0 Å². The van der Waals surface area contributed by atoms with E-state index in [9.17, 15) is 4.79 Å². The maximum absolute atomic E-state index is 12.0. The monoisotopic (exact) mass is 270 g/mol. The quantitative estimate of drug-likeness (QED) is 0.839. The number of rotatable bonds is 4. The molecule has 0 spiro atoms. The van der Waals surface area contributed by atoms with Crippen molar-refractivity contribution >= 4 is 11.6 Å². The molecule has 1 saturated carbocycles. The van der Waals surface area contributed by atoms with Gasteiger partial charge in [-0.3, -0.25) is 4.79 Å². The Morgan fingerprint density at radius 3 is 2.40 bits per heavy atom. The molecule has 1 aliphatic carbocycles. The van der Waals surface area contributed by atoms with Crippen LogP contribution >= 0.6 is 0 Å². The number of carbonyl (C=O) groups excluding carboxylic acids is 1. The zero-order valence-electron chi connectivity index (χ0n) is 11.9. The van der Waals surface area contributed by atoms with E-state index >= 15 is 0 Å². The number of benzene rings is 1. The normalized spacial score (nSPS) is 16.1. The van der Waals surface area contributed by atoms with Crippen molar-refractivity contribution in [1.29, 1.82) is 5.26 Å². The number of nitrogens with one attached hydrogen (secondary N) is 1. The zero-order chi connectivity index (χ0) is 14.2. The Kier molecular flexibility index (Phi) is 5.61. The van der Waals surface area contributed by atoms with Crippen LogP contribution in [0.15, 0.2) is 24.3 Å². The summed E-state index contributed by atoms with van der Waals surface area (Å²) in [6.45, 7) is 0. The number of hydrogen-bond donors (Lipinski definition) is 1. The van der Waals surface area contributed by atoms with E-state index in [1.807, 2.05) is 24.3 Å². The molecule has 1 aromatic carbocycles. The van der Waals surface area contributed by atoms with Crippen LogP contribution in [0.2, 0.25) is 0 Å². The fourth-order valence-corrected chi connectivity index (χ4v) is 2.84. The molecular formula is C17H22N2O. The van der Waals surface area contributed by atoms with Gasteiger partial charge in [0, 0.05) is 12.1 Å². The summed E-state index contributed by atoms with van der Waals surface area (Å²) < 4.78 is 0. The van der Waals surface area contributed by atoms with Crippen molar-refractivity contribution in [3.8, 4) is 6.07 Å². The first kappa shape index (κ1) is 14.6. The fraction of sp³-hybridized carbons (Fsp3) is 0.529. The predicted octanol–water partition coefficient (Wildman–Crippen LogP) is 4.05. The van der Waals surface area contributed by atoms with Gasteiger partial charge in [-0.1, -0.05) is 37.8 Å². The summed E-state index contributed by atoms with van der Waals surface area (Å²) in [6, 6.07) is 9.65. The molecule has 0 unspecified atom stereocenters. The highest BCUT2D eigenvalue weighted by Gasteiger charge is 2.16. The first-order valence-electron chi connectivity index (χ1n) is 7.53. The lowest BCUT2D eigenvalue weighted by molar-refractivity contribution is -0.117. The maximum Gasteiger partial charge on any atom is 0.224 e. The second kappa shape index (κ2) is 7.69. The molecule has 0 bridgehead atoms. The van der Waals surface area contributed by atoms with Crippen LogP contribution in [0.25, 0.3) is 0 Å². The summed E-state index contributed by atoms with van der Waals surface area (Å²) in [5.74, 6) is 0.667. The van der Waals surface area contributed by atoms with Crippen molar-refractivity contribution in [3.63, 3.8) is 0 Å². The summed E-state index contributed by atoms with van der Waals surface area (Å²) in [5, 5.41) is 11.6. The first-order chi connectivity index (χ1) is 9.78. The van der Waals surface area contributed by atoms with E-state index in [0.717, 1.165) is 11.3 Å². The van der Waals surface area contributed by atoms with Crippen molar-refractivity contribution < 1.29 is 4.79 Å². The molecule has 3 nitrogen and oxygen atoms in total. The van der Waals surface area contributed by atoms with E-state index in [0.29, 0.717) is 18.8 Å². The highest BCUT2D eigenvalue weighted by molar-refractivity contribution is 5.90. The second-order valence-electron chi connectivity index (χ2n) is 5.64. The minimum absolute atomic E-state index is 0.116. The summed E-state index contributed by atoms with van der Waals surface area (Å²) in [7, 11) is 0. The number of hydrogen-bond acceptors (Lipinski definition) is 2. The molecule has 2 rings (SSSR count). The van der Waals surface area contributed by atoms with Crippen molar-refractivity contribution in [2.75, 3.05) is 5.32 Å². The average Bonchev–Trinajstić information content (AvgIpc) is 2.70. The third-order valence-electron chi connectivity index (χ3n) is 3.97. The molecule has 20 heavy (non-hydrogen) atoms. The van der Waals surface area contributed by atoms with Crippen molar-refractivity contribution in [2.24, 2.45) is 5.92 Å². The molecule has 1 aliphatic rings. The lowest BCUT2D eigenvalue weighted by Gasteiger charge is -2.13. The molecule has 3 heteroatoms. The molecule has 0 aromatic heterocycles. The van der Waals surface area contributed by atoms with Crippen molar-refractivity contribution in [3.05, 3.63) is 29.8 Å². The van der Waals surface area contributed by atoms with Crippen molar-refractivity contribution in [2.45, 2.75) is 51.4 Å². The lowest BCUT2D eigenvalue weighted by atomic mass is 9.96. The van der Waals surface area contributed by atoms with Gasteiger partial charge < -0.3 is 5.32 Å². The Morgan fingerprint density at radius 2 is 1.80 bits per heavy atom. The molecular weight excluding hydrogens is 248 g/mol. The van der Waals surface area contributed by atoms with Gasteiger partial charge >= 0.3 is 0 Å². The van der Waals surface area contributed by atoms with E-state index in [1.54, 1.807) is 0 Å². The Bertz CT molecular complexity index is 465. The second-order valence-corrected chi connectivity index (χ2v) is 5.64. The highest BCUT2D eigenvalue weighted by atomic mass is 16.1. The third kappa shape index (κ3) is 4.70. The van der Waals surface area contributed by atoms with Crippen LogP contribution in [-0.4, -0.2) is 5.91 Å². The minimum Gasteiger partial charge on any atom is -0.326 e. The van der Waals surface area contributed by atoms with Crippen LogP contribution < -0.4 is 5.32 Å². The number of carbonyl (C=O) groups is 1. The van der Waals surface area contributed by atoms with Gasteiger partial charge in [0.15, 0.2) is 0 Å². The molecule has 1 amide bonds. The van der Waals surface area contributed by atoms with E-state index in [-0.39, 0.29) is 5.91 Å². The Morgan fingerprint density at radius 1 is 1.15 bits per heavy atom. The molecule has 0 saturated heterocycles. The summed E-state index contributed by atoms with van der Waals surface area (Å²) >= 11 is 0. The average molecular weight is 270 g/mol. The highest BCUT2D eigenvalue weighted by Crippen LogP contribution is 2.25. The number of anilines is 1. The van der Waals surface area contributed by atoms with Gasteiger partial charge in [-0.15, -0.1) is 0 Å². The standard InChI is InChI=1S/C17H22N2O/c18-12-11-14-7-9-16(10-8-14)19-17(20)13-15-5-3-1-2-4-6-15/h7-10,15H,1-6,11,13H2,(H,19,20). The largest absolute Gasteiger partial charge is 0.326 e. The Hall–Kier alpha value is -1.82. The van der Waals surface area contributed by atoms with Crippen LogP contribution in [0.1, 0.15) is 50.5 Å². The van der Waals surface area contributed by atoms with Crippen LogP contribution in [0.3, 0.4) is 0 Å². The van der Waals surface area contributed by atoms with Gasteiger partial charge in [-0.25, -0.2) is 0 Å². The maximum atomic E-state index is 12.0. The van der Waals surface area contributed by atoms with E-state index in [4.69, 9.17) is 5.26 Å². The van der Waals surface area contributed by atoms with Gasteiger partial charge in [0.1, 0.15) is 0 Å². The van der Waals surface area contributed by atoms with E-state index < -0.39 is 0 Å². The number of amides is 1. The summed E-state index contributed by atoms with van der Waals surface area (Å²) in [5.41, 5.74) is 1.81. The van der Waals surface area contributed by atoms with Crippen LogP contribution in [0.5, 0.6) is 0 Å². The minimum atomic E-state index is 0.116. The number of nitriles is 1. The van der Waals surface area contributed by atoms with Gasteiger partial charge in [-0.2, -0.15) is 5.26 Å². The molecule has 0 heterocycles. The summed E-state index contributed by atoms with van der Waals surface area (Å²) in [6.07, 6.45) is 8.60. The zero-order valence-corrected chi connectivity index (χ0v) is 11.9. The first-order valence-corrected chi connectivity index (χ1v) is 7.53. The van der Waals surface area contributed by atoms with Crippen molar-refractivity contribution in [1.82, 2.24) is 0 Å². The van der Waals surface area contributed by atoms with Gasteiger partial charge in [0.05, 0.1) is 12.5 Å². The topological polar surface area (TPSA) is 52.9 Å². The fourth-order valence-electron chi connectivity index (χ4n) is 2.84. The van der Waals surface area contributed by atoms with Crippen LogP contribution in [0, 0.1) is 17.2 Å². The Labute approximate surface area is 121 Å². The molecule has 0 atom stereocenters. The Balaban J connectivity index is 1.82. The predicted molar refractivity (Wildman–Crippen MR) is 80.2 cm³/mol. The van der Waals surface area contributed by atoms with Gasteiger partial charge in [-0.05, 0) is 36.5 Å². The van der Waals surface area contributed by atoms with Gasteiger partial charge in [0.2, 0.25) is 5.91 Å². The molecule has 1 N–H and O–H groups in total. The molecule has 1 aromatic rings. The molecule has 1 fully saturated rings. The smallest absolute Gasteiger partial charge is 0.224 e. The SMILES string of the molecule is N#CCc1ccc(NC(=O)CC2CCCCCC2)cc1. The molecule has 0 aliphatic heterocycles. The summed E-state index contributed by atoms with van der Waals surface area (Å²) in [4.78, 5) is 12.0. The van der Waals surface area contributed by atoms with E-state index in [2.05, 4.69) is 11.4 Å². The third-order valence-corrected chi connectivity index (χ3v) is 3.97. The number of nitrogens with zero attached hydrogens (tertiary/aromatic N) is 1. The molecule has 106 valence electrons. The van der Waals surface area contributed by atoms with Crippen LogP contribution in [-0.2, 0) is 11.2 Å². The lowest BCUT2D eigenvalue weighted by Crippen LogP contribution is -2.16. The van der Waals surface area contributed by atoms with Crippen LogP contribution in [0.4, 0.5) is 5.69 Å². The molecule has 0 radical (unpaired) electrons.